The summed E-state index contributed by atoms with van der Waals surface area (Å²) in [5, 5.41) is 19.3. The zero-order valence-electron chi connectivity index (χ0n) is 18.8. The number of aromatic carboxylic acids is 1. The van der Waals surface area contributed by atoms with E-state index in [0.717, 1.165) is 23.5 Å². The van der Waals surface area contributed by atoms with Gasteiger partial charge in [-0.15, -0.1) is 11.3 Å². The van der Waals surface area contributed by atoms with Crippen LogP contribution >= 0.6 is 11.3 Å². The highest BCUT2D eigenvalue weighted by Gasteiger charge is 2.22. The molecule has 0 amide bonds. The second-order valence-electron chi connectivity index (χ2n) is 7.68. The molecule has 4 aromatic rings. The van der Waals surface area contributed by atoms with Gasteiger partial charge in [-0.05, 0) is 31.2 Å². The molecule has 12 heteroatoms. The number of hydrogen-bond acceptors (Lipinski definition) is 7. The molecule has 3 N–H and O–H groups in total. The summed E-state index contributed by atoms with van der Waals surface area (Å²) in [7, 11) is 0. The number of carbonyl (C=O) groups is 1. The average Bonchev–Trinajstić information content (AvgIpc) is 3.25. The lowest BCUT2D eigenvalue weighted by molar-refractivity contribution is 0.0699. The Kier molecular flexibility index (Phi) is 7.17. The fourth-order valence-electron chi connectivity index (χ4n) is 3.68. The van der Waals surface area contributed by atoms with Crippen molar-refractivity contribution in [2.24, 2.45) is 0 Å². The second kappa shape index (κ2) is 10.3. The highest BCUT2D eigenvalue weighted by molar-refractivity contribution is 7.17. The second-order valence-corrected chi connectivity index (χ2v) is 8.56. The molecule has 0 saturated carbocycles. The van der Waals surface area contributed by atoms with Crippen LogP contribution in [0.25, 0.3) is 15.9 Å². The van der Waals surface area contributed by atoms with Crippen LogP contribution in [0.5, 0.6) is 11.5 Å². The number of thiophene rings is 1. The van der Waals surface area contributed by atoms with Crippen LogP contribution in [0.15, 0.2) is 51.4 Å². The molecule has 0 aliphatic rings. The van der Waals surface area contributed by atoms with Crippen molar-refractivity contribution in [1.29, 1.82) is 0 Å². The highest BCUT2D eigenvalue weighted by atomic mass is 32.1. The van der Waals surface area contributed by atoms with Crippen LogP contribution in [0.3, 0.4) is 0 Å². The molecule has 4 rings (SSSR count). The summed E-state index contributed by atoms with van der Waals surface area (Å²) in [6.45, 7) is 1.59. The van der Waals surface area contributed by atoms with Crippen molar-refractivity contribution in [2.45, 2.75) is 19.4 Å². The monoisotopic (exact) mass is 518 g/mol. The van der Waals surface area contributed by atoms with Gasteiger partial charge in [-0.1, -0.05) is 6.07 Å². The Bertz CT molecular complexity index is 1560. The maximum absolute atomic E-state index is 14.8. The average molecular weight is 518 g/mol. The number of aliphatic hydroxyl groups is 1. The van der Waals surface area contributed by atoms with Crippen LogP contribution in [-0.2, 0) is 0 Å². The van der Waals surface area contributed by atoms with Crippen LogP contribution in [0.4, 0.5) is 8.78 Å². The molecule has 0 bridgehead atoms. The number of rotatable bonds is 9. The molecule has 2 heterocycles. The lowest BCUT2D eigenvalue weighted by atomic mass is 10.1. The first-order valence-corrected chi connectivity index (χ1v) is 11.6. The van der Waals surface area contributed by atoms with E-state index in [0.29, 0.717) is 11.0 Å². The van der Waals surface area contributed by atoms with Crippen molar-refractivity contribution in [3.63, 3.8) is 0 Å². The van der Waals surface area contributed by atoms with Gasteiger partial charge in [0.05, 0.1) is 28.8 Å². The minimum absolute atomic E-state index is 0.0126. The SMILES string of the molecule is CC(Oc1ccc(F)c(-n2c(=O)[nH]c3scc(C(=O)O)c3c2=O)c1)c1c(F)cccc1OCCCO. The van der Waals surface area contributed by atoms with E-state index in [1.807, 2.05) is 0 Å². The van der Waals surface area contributed by atoms with E-state index in [2.05, 4.69) is 4.98 Å². The van der Waals surface area contributed by atoms with Gasteiger partial charge in [0.1, 0.15) is 34.1 Å². The Hall–Kier alpha value is -4.03. The standard InChI is InChI=1S/C24H20F2N2O7S/c1-12(19-16(26)4-2-5-18(19)34-9-3-8-29)35-13-6-7-15(25)17(10-13)28-22(30)20-14(23(31)32)11-36-21(20)27-24(28)33/h2,4-7,10-12,29H,3,8-9H2,1H3,(H,27,33)(H,31,32). The first kappa shape index (κ1) is 25.1. The van der Waals surface area contributed by atoms with Crippen molar-refractivity contribution in [1.82, 2.24) is 9.55 Å². The number of fused-ring (bicyclic) bond motifs is 1. The third kappa shape index (κ3) is 4.72. The van der Waals surface area contributed by atoms with E-state index in [4.69, 9.17) is 14.6 Å². The minimum Gasteiger partial charge on any atom is -0.493 e. The number of halogens is 2. The molecule has 36 heavy (non-hydrogen) atoms. The first-order valence-electron chi connectivity index (χ1n) is 10.7. The molecule has 1 unspecified atom stereocenters. The van der Waals surface area contributed by atoms with Crippen molar-refractivity contribution in [3.8, 4) is 17.2 Å². The molecule has 188 valence electrons. The lowest BCUT2D eigenvalue weighted by Crippen LogP contribution is -2.34. The summed E-state index contributed by atoms with van der Waals surface area (Å²) in [6, 6.07) is 7.53. The van der Waals surface area contributed by atoms with E-state index < -0.39 is 40.6 Å². The van der Waals surface area contributed by atoms with E-state index in [1.165, 1.54) is 30.5 Å². The van der Waals surface area contributed by atoms with Crippen molar-refractivity contribution < 1.29 is 33.3 Å². The highest BCUT2D eigenvalue weighted by Crippen LogP contribution is 2.32. The number of nitrogens with zero attached hydrogens (tertiary/aromatic N) is 1. The third-order valence-electron chi connectivity index (χ3n) is 5.31. The number of hydrogen-bond donors (Lipinski definition) is 3. The van der Waals surface area contributed by atoms with Crippen molar-refractivity contribution in [2.75, 3.05) is 13.2 Å². The molecule has 1 atom stereocenters. The Morgan fingerprint density at radius 3 is 2.69 bits per heavy atom. The Labute approximate surface area is 205 Å². The topological polar surface area (TPSA) is 131 Å². The number of carboxylic acids is 1. The number of nitrogens with one attached hydrogen (secondary N) is 1. The number of H-pyrrole nitrogens is 1. The summed E-state index contributed by atoms with van der Waals surface area (Å²) in [6.07, 6.45) is -0.588. The molecule has 2 aromatic carbocycles. The van der Waals surface area contributed by atoms with E-state index >= 15 is 0 Å². The zero-order chi connectivity index (χ0) is 26.0. The summed E-state index contributed by atoms with van der Waals surface area (Å²) < 4.78 is 41.3. The van der Waals surface area contributed by atoms with Gasteiger partial charge in [0, 0.05) is 24.5 Å². The molecule has 0 aliphatic carbocycles. The number of aromatic nitrogens is 2. The van der Waals surface area contributed by atoms with Gasteiger partial charge in [-0.2, -0.15) is 0 Å². The summed E-state index contributed by atoms with van der Waals surface area (Å²) in [5.41, 5.74) is -2.68. The van der Waals surface area contributed by atoms with Gasteiger partial charge in [0.2, 0.25) is 0 Å². The van der Waals surface area contributed by atoms with Gasteiger partial charge in [0.15, 0.2) is 0 Å². The molecule has 9 nitrogen and oxygen atoms in total. The van der Waals surface area contributed by atoms with Crippen LogP contribution in [0.1, 0.15) is 35.4 Å². The zero-order valence-corrected chi connectivity index (χ0v) is 19.6. The van der Waals surface area contributed by atoms with Crippen LogP contribution in [0.2, 0.25) is 0 Å². The number of benzene rings is 2. The number of ether oxygens (including phenoxy) is 2. The Balaban J connectivity index is 1.74. The fraction of sp³-hybridized carbons (Fsp3) is 0.208. The largest absolute Gasteiger partial charge is 0.493 e. The molecule has 0 fully saturated rings. The molecular formula is C24H20F2N2O7S. The quantitative estimate of drug-likeness (QED) is 0.289. The molecule has 0 spiro atoms. The molecule has 0 radical (unpaired) electrons. The third-order valence-corrected chi connectivity index (χ3v) is 6.21. The fourth-order valence-corrected chi connectivity index (χ4v) is 4.60. The predicted octanol–water partition coefficient (Wildman–Crippen LogP) is 3.62. The van der Waals surface area contributed by atoms with Gasteiger partial charge < -0.3 is 19.7 Å². The smallest absolute Gasteiger partial charge is 0.337 e. The molecule has 0 aliphatic heterocycles. The summed E-state index contributed by atoms with van der Waals surface area (Å²) in [5.74, 6) is -2.70. The molecular weight excluding hydrogens is 498 g/mol. The molecule has 2 aromatic heterocycles. The van der Waals surface area contributed by atoms with E-state index in [-0.39, 0.29) is 46.1 Å². The Morgan fingerprint density at radius 1 is 1.19 bits per heavy atom. The predicted molar refractivity (Wildman–Crippen MR) is 128 cm³/mol. The summed E-state index contributed by atoms with van der Waals surface area (Å²) in [4.78, 5) is 39.6. The van der Waals surface area contributed by atoms with Crippen LogP contribution in [-0.4, -0.2) is 38.9 Å². The summed E-state index contributed by atoms with van der Waals surface area (Å²) >= 11 is 0.868. The van der Waals surface area contributed by atoms with Gasteiger partial charge in [0.25, 0.3) is 5.56 Å². The maximum atomic E-state index is 14.8. The van der Waals surface area contributed by atoms with E-state index in [9.17, 15) is 28.3 Å². The van der Waals surface area contributed by atoms with Gasteiger partial charge >= 0.3 is 11.7 Å². The van der Waals surface area contributed by atoms with Crippen molar-refractivity contribution >= 4 is 27.5 Å². The van der Waals surface area contributed by atoms with Gasteiger partial charge in [-0.25, -0.2) is 22.9 Å². The Morgan fingerprint density at radius 2 is 1.97 bits per heavy atom. The van der Waals surface area contributed by atoms with Crippen LogP contribution < -0.4 is 20.7 Å². The normalized spacial score (nSPS) is 12.0. The lowest BCUT2D eigenvalue weighted by Gasteiger charge is -2.20. The van der Waals surface area contributed by atoms with E-state index in [1.54, 1.807) is 6.07 Å². The van der Waals surface area contributed by atoms with Crippen LogP contribution in [0, 0.1) is 11.6 Å². The van der Waals surface area contributed by atoms with Gasteiger partial charge in [-0.3, -0.25) is 9.78 Å². The first-order chi connectivity index (χ1) is 17.2. The number of aromatic amines is 1. The molecule has 0 saturated heterocycles. The number of carboxylic acid groups (broad SMARTS) is 1. The minimum atomic E-state index is -1.37. The number of aliphatic hydroxyl groups excluding tert-OH is 1. The maximum Gasteiger partial charge on any atom is 0.337 e. The van der Waals surface area contributed by atoms with Crippen molar-refractivity contribution in [3.05, 3.63) is 85.4 Å².